The van der Waals surface area contributed by atoms with Crippen molar-refractivity contribution in [3.63, 3.8) is 0 Å². The molecule has 10 aromatic rings. The lowest BCUT2D eigenvalue weighted by molar-refractivity contribution is 0.669. The van der Waals surface area contributed by atoms with Gasteiger partial charge in [0, 0.05) is 10.8 Å². The molecule has 47 heavy (non-hydrogen) atoms. The summed E-state index contributed by atoms with van der Waals surface area (Å²) in [5.74, 6) is 0. The minimum absolute atomic E-state index is 0.173. The van der Waals surface area contributed by atoms with Gasteiger partial charge in [-0.25, -0.2) is 0 Å². The van der Waals surface area contributed by atoms with Crippen LogP contribution in [0.3, 0.4) is 0 Å². The van der Waals surface area contributed by atoms with Crippen LogP contribution in [0.4, 0.5) is 0 Å². The maximum absolute atomic E-state index is 9.39. The lowest BCUT2D eigenvalue weighted by Crippen LogP contribution is -1.91. The summed E-state index contributed by atoms with van der Waals surface area (Å²) >= 11 is 0. The zero-order chi connectivity index (χ0) is 37.9. The lowest BCUT2D eigenvalue weighted by Gasteiger charge is -2.18. The van der Waals surface area contributed by atoms with Gasteiger partial charge in [-0.1, -0.05) is 139 Å². The molecule has 9 aromatic carbocycles. The first-order valence-electron chi connectivity index (χ1n) is 19.5. The molecule has 218 valence electrons. The molecular formula is C46H28O. The van der Waals surface area contributed by atoms with Crippen LogP contribution in [0, 0.1) is 0 Å². The highest BCUT2D eigenvalue weighted by Crippen LogP contribution is 2.45. The van der Waals surface area contributed by atoms with Crippen LogP contribution in [0.15, 0.2) is 174 Å². The Balaban J connectivity index is 1.37. The summed E-state index contributed by atoms with van der Waals surface area (Å²) in [5, 5.41) is 6.47. The highest BCUT2D eigenvalue weighted by Gasteiger charge is 2.18. The van der Waals surface area contributed by atoms with Crippen molar-refractivity contribution in [1.29, 1.82) is 0 Å². The normalized spacial score (nSPS) is 14.2. The van der Waals surface area contributed by atoms with E-state index >= 15 is 0 Å². The van der Waals surface area contributed by atoms with E-state index in [2.05, 4.69) is 6.07 Å². The van der Waals surface area contributed by atoms with Crippen LogP contribution in [-0.2, 0) is 0 Å². The fraction of sp³-hybridized carbons (Fsp3) is 0. The summed E-state index contributed by atoms with van der Waals surface area (Å²) in [4.78, 5) is 0. The molecule has 1 heterocycles. The van der Waals surface area contributed by atoms with Gasteiger partial charge in [-0.2, -0.15) is 0 Å². The Hall–Kier alpha value is -6.18. The number of benzene rings is 9. The van der Waals surface area contributed by atoms with Gasteiger partial charge in [0.25, 0.3) is 0 Å². The van der Waals surface area contributed by atoms with Crippen LogP contribution >= 0.6 is 0 Å². The van der Waals surface area contributed by atoms with Crippen molar-refractivity contribution in [2.75, 3.05) is 0 Å². The summed E-state index contributed by atoms with van der Waals surface area (Å²) in [7, 11) is 0. The summed E-state index contributed by atoms with van der Waals surface area (Å²) < 4.78 is 79.2. The van der Waals surface area contributed by atoms with Crippen molar-refractivity contribution in [3.05, 3.63) is 170 Å². The topological polar surface area (TPSA) is 13.1 Å². The first kappa shape index (κ1) is 19.4. The Morgan fingerprint density at radius 2 is 0.915 bits per heavy atom. The Morgan fingerprint density at radius 3 is 1.64 bits per heavy atom. The van der Waals surface area contributed by atoms with Gasteiger partial charge in [-0.05, 0) is 107 Å². The second-order valence-corrected chi connectivity index (χ2v) is 11.9. The lowest BCUT2D eigenvalue weighted by atomic mass is 9.85. The number of hydrogen-bond acceptors (Lipinski definition) is 1. The Kier molecular flexibility index (Phi) is 4.19. The van der Waals surface area contributed by atoms with Crippen molar-refractivity contribution < 1.29 is 15.4 Å². The van der Waals surface area contributed by atoms with E-state index in [-0.39, 0.29) is 45.7 Å². The average Bonchev–Trinajstić information content (AvgIpc) is 3.57. The average molecular weight is 605 g/mol. The molecule has 10 rings (SSSR count). The van der Waals surface area contributed by atoms with Crippen LogP contribution in [0.25, 0.3) is 98.4 Å². The predicted molar refractivity (Wildman–Crippen MR) is 200 cm³/mol. The first-order chi connectivity index (χ1) is 26.6. The minimum Gasteiger partial charge on any atom is -0.456 e. The smallest absolute Gasteiger partial charge is 0.136 e. The Labute approximate surface area is 283 Å². The van der Waals surface area contributed by atoms with Gasteiger partial charge in [0.1, 0.15) is 11.2 Å². The molecule has 0 spiro atoms. The third-order valence-corrected chi connectivity index (χ3v) is 9.25. The molecule has 0 saturated heterocycles. The number of hydrogen-bond donors (Lipinski definition) is 0. The summed E-state index contributed by atoms with van der Waals surface area (Å²) in [6.07, 6.45) is 0. The van der Waals surface area contributed by atoms with Gasteiger partial charge in [0.05, 0.1) is 11.0 Å². The first-order valence-corrected chi connectivity index (χ1v) is 15.5. The van der Waals surface area contributed by atoms with E-state index < -0.39 is 24.2 Å². The van der Waals surface area contributed by atoms with E-state index in [0.29, 0.717) is 33.4 Å². The molecule has 1 heteroatoms. The third kappa shape index (κ3) is 4.03. The second-order valence-electron chi connectivity index (χ2n) is 11.9. The maximum Gasteiger partial charge on any atom is 0.136 e. The molecule has 0 N–H and O–H groups in total. The minimum atomic E-state index is -0.435. The molecular weight excluding hydrogens is 569 g/mol. The van der Waals surface area contributed by atoms with Gasteiger partial charge in [-0.15, -0.1) is 0 Å². The molecule has 0 saturated carbocycles. The summed E-state index contributed by atoms with van der Waals surface area (Å²) in [6, 6.07) is 36.3. The van der Waals surface area contributed by atoms with Crippen molar-refractivity contribution in [2.45, 2.75) is 0 Å². The van der Waals surface area contributed by atoms with E-state index in [1.807, 2.05) is 109 Å². The molecule has 0 aliphatic heterocycles. The van der Waals surface area contributed by atoms with Crippen molar-refractivity contribution in [2.24, 2.45) is 0 Å². The van der Waals surface area contributed by atoms with Crippen molar-refractivity contribution in [1.82, 2.24) is 0 Å². The molecule has 0 aliphatic rings. The quantitative estimate of drug-likeness (QED) is 0.183. The van der Waals surface area contributed by atoms with Gasteiger partial charge < -0.3 is 4.42 Å². The van der Waals surface area contributed by atoms with Crippen LogP contribution in [-0.4, -0.2) is 0 Å². The summed E-state index contributed by atoms with van der Waals surface area (Å²) in [6.45, 7) is 0. The van der Waals surface area contributed by atoms with Gasteiger partial charge in [0.15, 0.2) is 0 Å². The van der Waals surface area contributed by atoms with E-state index in [9.17, 15) is 5.48 Å². The molecule has 0 fully saturated rings. The van der Waals surface area contributed by atoms with Crippen LogP contribution < -0.4 is 0 Å². The molecule has 0 aliphatic carbocycles. The Bertz CT molecular complexity index is 3220. The standard InChI is InChI=1S/C46H28O/c1-2-13-31-28-44-42(26-30(31)12-1)41-27-34(23-24-43(41)47-44)46-39-20-7-5-18-37(39)45(38-19-6-8-21-40(38)46)33-16-9-15-32(25-33)36-22-10-14-29-11-3-4-17-35(29)36/h1-28H/i5D,6D,7D,8D,18D,19D,20D,21D. The predicted octanol–water partition coefficient (Wildman–Crippen LogP) is 13.2. The summed E-state index contributed by atoms with van der Waals surface area (Å²) in [5.41, 5.74) is 4.83. The fourth-order valence-corrected chi connectivity index (χ4v) is 7.14. The van der Waals surface area contributed by atoms with E-state index in [1.165, 1.54) is 0 Å². The zero-order valence-electron chi connectivity index (χ0n) is 33.0. The van der Waals surface area contributed by atoms with Gasteiger partial charge >= 0.3 is 0 Å². The van der Waals surface area contributed by atoms with E-state index in [4.69, 9.17) is 9.90 Å². The molecule has 0 atom stereocenters. The Morgan fingerprint density at radius 1 is 0.362 bits per heavy atom. The molecule has 0 unspecified atom stereocenters. The second kappa shape index (κ2) is 10.2. The van der Waals surface area contributed by atoms with Gasteiger partial charge in [0.2, 0.25) is 0 Å². The van der Waals surface area contributed by atoms with Crippen LogP contribution in [0.5, 0.6) is 0 Å². The van der Waals surface area contributed by atoms with Gasteiger partial charge in [-0.3, -0.25) is 0 Å². The van der Waals surface area contributed by atoms with Crippen molar-refractivity contribution >= 4 is 65.0 Å². The number of fused-ring (bicyclic) bond motifs is 7. The molecule has 0 radical (unpaired) electrons. The molecule has 1 nitrogen and oxygen atoms in total. The van der Waals surface area contributed by atoms with Crippen molar-refractivity contribution in [3.8, 4) is 33.4 Å². The highest BCUT2D eigenvalue weighted by atomic mass is 16.3. The fourth-order valence-electron chi connectivity index (χ4n) is 7.14. The molecule has 0 amide bonds. The van der Waals surface area contributed by atoms with Crippen LogP contribution in [0.1, 0.15) is 11.0 Å². The number of furan rings is 1. The zero-order valence-corrected chi connectivity index (χ0v) is 25.0. The third-order valence-electron chi connectivity index (χ3n) is 9.25. The van der Waals surface area contributed by atoms with Crippen LogP contribution in [0.2, 0.25) is 0 Å². The highest BCUT2D eigenvalue weighted by molar-refractivity contribution is 6.22. The largest absolute Gasteiger partial charge is 0.456 e. The molecule has 1 aromatic heterocycles. The molecule has 0 bridgehead atoms. The SMILES string of the molecule is [2H]c1c([2H])c([2H])c2c(-c3ccc4oc5cc6ccccc6cc5c4c3)c3c([2H])c([2H])c([2H])c([2H])c3c(-c3cccc(-c4cccc5ccccc45)c3)c2c1[2H]. The monoisotopic (exact) mass is 604 g/mol. The maximum atomic E-state index is 9.39. The van der Waals surface area contributed by atoms with E-state index in [1.54, 1.807) is 6.07 Å². The number of rotatable bonds is 3. The van der Waals surface area contributed by atoms with E-state index in [0.717, 1.165) is 43.4 Å².